The summed E-state index contributed by atoms with van der Waals surface area (Å²) in [5.74, 6) is 0.595. The number of hydrogen-bond donors (Lipinski definition) is 2. The van der Waals surface area contributed by atoms with Crippen LogP contribution in [0.3, 0.4) is 0 Å². The summed E-state index contributed by atoms with van der Waals surface area (Å²) in [6, 6.07) is 7.24. The fourth-order valence-electron chi connectivity index (χ4n) is 1.70. The van der Waals surface area contributed by atoms with Gasteiger partial charge >= 0.3 is 0 Å². The predicted octanol–water partition coefficient (Wildman–Crippen LogP) is 1.25. The van der Waals surface area contributed by atoms with Crippen molar-refractivity contribution in [1.29, 1.82) is 0 Å². The molecule has 120 valence electrons. The van der Waals surface area contributed by atoms with Crippen molar-refractivity contribution in [1.82, 2.24) is 10.2 Å². The molecule has 0 radical (unpaired) electrons. The first-order valence-electron chi connectivity index (χ1n) is 7.07. The third kappa shape index (κ3) is 8.24. The summed E-state index contributed by atoms with van der Waals surface area (Å²) >= 11 is 5.97. The number of nitrogens with zero attached hydrogens (tertiary/aromatic N) is 1. The van der Waals surface area contributed by atoms with Gasteiger partial charge in [0, 0.05) is 33.3 Å². The van der Waals surface area contributed by atoms with Crippen LogP contribution in [0.4, 0.5) is 0 Å². The highest BCUT2D eigenvalue weighted by Crippen LogP contribution is 2.22. The zero-order valence-corrected chi connectivity index (χ0v) is 13.5. The summed E-state index contributed by atoms with van der Waals surface area (Å²) in [4.78, 5) is 2.17. The minimum atomic E-state index is -0.564. The van der Waals surface area contributed by atoms with E-state index in [1.807, 2.05) is 19.2 Å². The maximum atomic E-state index is 9.84. The number of nitrogens with one attached hydrogen (secondary N) is 1. The monoisotopic (exact) mass is 316 g/mol. The van der Waals surface area contributed by atoms with Crippen molar-refractivity contribution < 1.29 is 14.6 Å². The highest BCUT2D eigenvalue weighted by Gasteiger charge is 2.07. The lowest BCUT2D eigenvalue weighted by atomic mass is 10.3. The van der Waals surface area contributed by atoms with E-state index in [1.165, 1.54) is 0 Å². The van der Waals surface area contributed by atoms with Crippen LogP contribution in [0.2, 0.25) is 5.02 Å². The van der Waals surface area contributed by atoms with Gasteiger partial charge in [-0.15, -0.1) is 0 Å². The van der Waals surface area contributed by atoms with Gasteiger partial charge < -0.3 is 24.8 Å². The lowest BCUT2D eigenvalue weighted by Gasteiger charge is -2.17. The Hall–Kier alpha value is -0.850. The molecule has 1 aromatic rings. The molecular formula is C15H25ClN2O3. The Morgan fingerprint density at radius 3 is 2.81 bits per heavy atom. The van der Waals surface area contributed by atoms with Gasteiger partial charge in [-0.05, 0) is 19.2 Å². The minimum absolute atomic E-state index is 0.218. The van der Waals surface area contributed by atoms with Gasteiger partial charge in [-0.1, -0.05) is 23.7 Å². The van der Waals surface area contributed by atoms with Gasteiger partial charge in [0.1, 0.15) is 18.5 Å². The van der Waals surface area contributed by atoms with Gasteiger partial charge in [-0.25, -0.2) is 0 Å². The van der Waals surface area contributed by atoms with Crippen molar-refractivity contribution >= 4 is 11.6 Å². The van der Waals surface area contributed by atoms with E-state index in [0.717, 1.165) is 26.2 Å². The molecule has 21 heavy (non-hydrogen) atoms. The molecule has 1 aromatic carbocycles. The lowest BCUT2D eigenvalue weighted by molar-refractivity contribution is 0.105. The molecule has 0 fully saturated rings. The first-order chi connectivity index (χ1) is 10.1. The second-order valence-electron chi connectivity index (χ2n) is 4.90. The highest BCUT2D eigenvalue weighted by atomic mass is 35.5. The number of hydrogen-bond acceptors (Lipinski definition) is 5. The van der Waals surface area contributed by atoms with E-state index >= 15 is 0 Å². The molecule has 0 aliphatic heterocycles. The first-order valence-corrected chi connectivity index (χ1v) is 7.45. The number of aliphatic hydroxyl groups excluding tert-OH is 1. The molecule has 1 atom stereocenters. The van der Waals surface area contributed by atoms with Crippen LogP contribution in [-0.4, -0.2) is 69.7 Å². The van der Waals surface area contributed by atoms with E-state index in [1.54, 1.807) is 19.2 Å². The molecule has 2 N–H and O–H groups in total. The van der Waals surface area contributed by atoms with Gasteiger partial charge in [0.2, 0.25) is 0 Å². The molecule has 1 unspecified atom stereocenters. The molecule has 0 saturated carbocycles. The normalized spacial score (nSPS) is 12.6. The van der Waals surface area contributed by atoms with Gasteiger partial charge in [0.25, 0.3) is 0 Å². The first kappa shape index (κ1) is 18.2. The molecule has 1 rings (SSSR count). The average molecular weight is 317 g/mol. The number of benzene rings is 1. The number of ether oxygens (including phenoxy) is 2. The standard InChI is InChI=1S/C15H25ClN2O3/c1-18(9-10-20-2)8-7-17-11-13(19)12-21-15-6-4-3-5-14(15)16/h3-6,13,17,19H,7-12H2,1-2H3. The smallest absolute Gasteiger partial charge is 0.138 e. The molecule has 0 aromatic heterocycles. The number of rotatable bonds is 11. The second kappa shape index (κ2) is 10.8. The summed E-state index contributed by atoms with van der Waals surface area (Å²) in [6.45, 7) is 4.05. The Balaban J connectivity index is 2.09. The van der Waals surface area contributed by atoms with Gasteiger partial charge in [-0.3, -0.25) is 0 Å². The molecule has 0 bridgehead atoms. The molecule has 0 amide bonds. The summed E-state index contributed by atoms with van der Waals surface area (Å²) in [7, 11) is 3.74. The lowest BCUT2D eigenvalue weighted by Crippen LogP contribution is -2.36. The third-order valence-electron chi connectivity index (χ3n) is 3.00. The Kier molecular flexibility index (Phi) is 9.37. The van der Waals surface area contributed by atoms with Crippen molar-refractivity contribution in [3.8, 4) is 5.75 Å². The molecular weight excluding hydrogens is 292 g/mol. The third-order valence-corrected chi connectivity index (χ3v) is 3.31. The van der Waals surface area contributed by atoms with Crippen molar-refractivity contribution in [2.75, 3.05) is 53.6 Å². The number of para-hydroxylation sites is 1. The van der Waals surface area contributed by atoms with Crippen molar-refractivity contribution in [3.05, 3.63) is 29.3 Å². The number of halogens is 1. The summed E-state index contributed by atoms with van der Waals surface area (Å²) in [5.41, 5.74) is 0. The van der Waals surface area contributed by atoms with Crippen molar-refractivity contribution in [3.63, 3.8) is 0 Å². The minimum Gasteiger partial charge on any atom is -0.489 e. The van der Waals surface area contributed by atoms with Crippen LogP contribution in [0, 0.1) is 0 Å². The molecule has 0 heterocycles. The summed E-state index contributed by atoms with van der Waals surface area (Å²) in [6.07, 6.45) is -0.564. The van der Waals surface area contributed by atoms with E-state index in [2.05, 4.69) is 10.2 Å². The van der Waals surface area contributed by atoms with Crippen LogP contribution < -0.4 is 10.1 Å². The Morgan fingerprint density at radius 1 is 1.33 bits per heavy atom. The van der Waals surface area contributed by atoms with Crippen LogP contribution in [0.15, 0.2) is 24.3 Å². The maximum absolute atomic E-state index is 9.84. The van der Waals surface area contributed by atoms with Crippen molar-refractivity contribution in [2.24, 2.45) is 0 Å². The van der Waals surface area contributed by atoms with E-state index < -0.39 is 6.10 Å². The van der Waals surface area contributed by atoms with Crippen LogP contribution >= 0.6 is 11.6 Å². The van der Waals surface area contributed by atoms with Crippen LogP contribution in [0.1, 0.15) is 0 Å². The van der Waals surface area contributed by atoms with Gasteiger partial charge in [-0.2, -0.15) is 0 Å². The number of likely N-dealkylation sites (N-methyl/N-ethyl adjacent to an activating group) is 1. The Bertz CT molecular complexity index is 393. The number of aliphatic hydroxyl groups is 1. The fourth-order valence-corrected chi connectivity index (χ4v) is 1.89. The molecule has 0 saturated heterocycles. The SMILES string of the molecule is COCCN(C)CCNCC(O)COc1ccccc1Cl. The second-order valence-corrected chi connectivity index (χ2v) is 5.30. The molecule has 0 spiro atoms. The zero-order chi connectivity index (χ0) is 15.5. The van der Waals surface area contributed by atoms with Crippen LogP contribution in [0.25, 0.3) is 0 Å². The van der Waals surface area contributed by atoms with E-state index in [9.17, 15) is 5.11 Å². The predicted molar refractivity (Wildman–Crippen MR) is 85.2 cm³/mol. The van der Waals surface area contributed by atoms with E-state index in [-0.39, 0.29) is 6.61 Å². The van der Waals surface area contributed by atoms with E-state index in [0.29, 0.717) is 17.3 Å². The van der Waals surface area contributed by atoms with Crippen LogP contribution in [0.5, 0.6) is 5.75 Å². The Labute approximate surface area is 131 Å². The molecule has 5 nitrogen and oxygen atoms in total. The number of methoxy groups -OCH3 is 1. The quantitative estimate of drug-likeness (QED) is 0.602. The Morgan fingerprint density at radius 2 is 2.10 bits per heavy atom. The zero-order valence-electron chi connectivity index (χ0n) is 12.7. The largest absolute Gasteiger partial charge is 0.489 e. The van der Waals surface area contributed by atoms with E-state index in [4.69, 9.17) is 21.1 Å². The summed E-state index contributed by atoms with van der Waals surface area (Å²) < 4.78 is 10.5. The fraction of sp³-hybridized carbons (Fsp3) is 0.600. The molecule has 0 aliphatic carbocycles. The van der Waals surface area contributed by atoms with Crippen molar-refractivity contribution in [2.45, 2.75) is 6.10 Å². The summed E-state index contributed by atoms with van der Waals surface area (Å²) in [5, 5.41) is 13.6. The van der Waals surface area contributed by atoms with Gasteiger partial charge in [0.15, 0.2) is 0 Å². The maximum Gasteiger partial charge on any atom is 0.138 e. The topological polar surface area (TPSA) is 54.0 Å². The van der Waals surface area contributed by atoms with Gasteiger partial charge in [0.05, 0.1) is 11.6 Å². The molecule has 0 aliphatic rings. The van der Waals surface area contributed by atoms with Crippen LogP contribution in [-0.2, 0) is 4.74 Å². The molecule has 6 heteroatoms. The average Bonchev–Trinajstić information content (AvgIpc) is 2.48. The highest BCUT2D eigenvalue weighted by molar-refractivity contribution is 6.32.